The van der Waals surface area contributed by atoms with Gasteiger partial charge < -0.3 is 10.1 Å². The van der Waals surface area contributed by atoms with Crippen LogP contribution in [0, 0.1) is 12.7 Å². The smallest absolute Gasteiger partial charge is 0.274 e. The minimum atomic E-state index is -0.593. The van der Waals surface area contributed by atoms with Crippen LogP contribution in [0.2, 0.25) is 0 Å². The molecule has 29 heavy (non-hydrogen) atoms. The Morgan fingerprint density at radius 2 is 2.07 bits per heavy atom. The number of benzene rings is 1. The minimum Gasteiger partial charge on any atom is -0.490 e. The van der Waals surface area contributed by atoms with Crippen molar-refractivity contribution in [3.05, 3.63) is 71.8 Å². The average Bonchev–Trinajstić information content (AvgIpc) is 2.72. The molecule has 0 aliphatic rings. The molecule has 2 heterocycles. The number of carbonyl (C=O) groups excluding carboxylic acids is 1. The summed E-state index contributed by atoms with van der Waals surface area (Å²) >= 11 is 0. The van der Waals surface area contributed by atoms with Crippen LogP contribution in [-0.2, 0) is 0 Å². The number of anilines is 1. The Bertz CT molecular complexity index is 1030. The molecule has 0 bridgehead atoms. The zero-order valence-electron chi connectivity index (χ0n) is 16.6. The quantitative estimate of drug-likeness (QED) is 0.408. The number of nitrogens with one attached hydrogen (secondary N) is 1. The number of rotatable bonds is 8. The lowest BCUT2D eigenvalue weighted by molar-refractivity contribution is 0.102. The zero-order chi connectivity index (χ0) is 20.6. The number of aryl methyl sites for hydroxylation is 1. The standard InChI is InChI=1S/C23H24FN3O2/c1-3-4-5-6-7-14-29-20-12-8-10-18(21(20)24)27-23(28)22-16(2)15-19-17(26-22)11-9-13-25-19/h4-5,8-13,15H,3,6-7,14H2,1-2H3,(H,27,28). The third-order valence-corrected chi connectivity index (χ3v) is 4.38. The number of pyridine rings is 2. The van der Waals surface area contributed by atoms with Gasteiger partial charge in [-0.1, -0.05) is 25.1 Å². The van der Waals surface area contributed by atoms with Crippen LogP contribution in [0.15, 0.2) is 54.7 Å². The first kappa shape index (κ1) is 20.5. The van der Waals surface area contributed by atoms with Crippen LogP contribution < -0.4 is 10.1 Å². The topological polar surface area (TPSA) is 64.1 Å². The van der Waals surface area contributed by atoms with Crippen molar-refractivity contribution >= 4 is 22.6 Å². The Morgan fingerprint density at radius 3 is 2.90 bits per heavy atom. The molecule has 1 aromatic carbocycles. The number of unbranched alkanes of at least 4 members (excludes halogenated alkanes) is 1. The first-order valence-electron chi connectivity index (χ1n) is 9.70. The van der Waals surface area contributed by atoms with Gasteiger partial charge in [0.1, 0.15) is 5.69 Å². The van der Waals surface area contributed by atoms with Crippen molar-refractivity contribution < 1.29 is 13.9 Å². The van der Waals surface area contributed by atoms with Gasteiger partial charge in [0.05, 0.1) is 23.3 Å². The first-order chi connectivity index (χ1) is 14.1. The van der Waals surface area contributed by atoms with E-state index in [9.17, 15) is 9.18 Å². The number of aromatic nitrogens is 2. The molecule has 5 nitrogen and oxygen atoms in total. The molecule has 0 saturated heterocycles. The number of nitrogens with zero attached hydrogens (tertiary/aromatic N) is 2. The highest BCUT2D eigenvalue weighted by atomic mass is 19.1. The van der Waals surface area contributed by atoms with Crippen molar-refractivity contribution in [1.29, 1.82) is 0 Å². The number of halogens is 1. The maximum atomic E-state index is 14.7. The summed E-state index contributed by atoms with van der Waals surface area (Å²) in [5.41, 5.74) is 2.28. The molecule has 0 spiro atoms. The van der Waals surface area contributed by atoms with Gasteiger partial charge >= 0.3 is 0 Å². The van der Waals surface area contributed by atoms with Gasteiger partial charge in [-0.15, -0.1) is 0 Å². The summed E-state index contributed by atoms with van der Waals surface area (Å²) in [5.74, 6) is -0.950. The lowest BCUT2D eigenvalue weighted by atomic mass is 10.1. The lowest BCUT2D eigenvalue weighted by Crippen LogP contribution is -2.16. The van der Waals surface area contributed by atoms with E-state index in [1.165, 1.54) is 6.07 Å². The van der Waals surface area contributed by atoms with Crippen LogP contribution >= 0.6 is 0 Å². The Hall–Kier alpha value is -3.28. The van der Waals surface area contributed by atoms with Gasteiger partial charge in [-0.2, -0.15) is 0 Å². The predicted octanol–water partition coefficient (Wildman–Crippen LogP) is 5.45. The van der Waals surface area contributed by atoms with E-state index in [1.807, 2.05) is 0 Å². The molecule has 0 saturated carbocycles. The average molecular weight is 393 g/mol. The highest BCUT2D eigenvalue weighted by molar-refractivity contribution is 6.05. The molecule has 0 aliphatic heterocycles. The summed E-state index contributed by atoms with van der Waals surface area (Å²) in [6.07, 6.45) is 8.53. The number of carbonyl (C=O) groups is 1. The molecule has 0 atom stereocenters. The monoisotopic (exact) mass is 393 g/mol. The van der Waals surface area contributed by atoms with E-state index < -0.39 is 11.7 Å². The molecule has 150 valence electrons. The number of allylic oxidation sites excluding steroid dienone is 2. The van der Waals surface area contributed by atoms with Crippen LogP contribution in [0.3, 0.4) is 0 Å². The fraction of sp³-hybridized carbons (Fsp3) is 0.261. The molecule has 0 fully saturated rings. The Kier molecular flexibility index (Phi) is 6.89. The number of amides is 1. The molecule has 6 heteroatoms. The summed E-state index contributed by atoms with van der Waals surface area (Å²) in [4.78, 5) is 21.3. The van der Waals surface area contributed by atoms with Crippen molar-refractivity contribution in [1.82, 2.24) is 9.97 Å². The summed E-state index contributed by atoms with van der Waals surface area (Å²) in [7, 11) is 0. The molecule has 2 aromatic heterocycles. The van der Waals surface area contributed by atoms with E-state index in [0.717, 1.165) is 19.3 Å². The fourth-order valence-corrected chi connectivity index (χ4v) is 2.89. The molecule has 1 amide bonds. The van der Waals surface area contributed by atoms with Crippen LogP contribution in [0.4, 0.5) is 10.1 Å². The van der Waals surface area contributed by atoms with E-state index >= 15 is 0 Å². The summed E-state index contributed by atoms with van der Waals surface area (Å²) in [6, 6.07) is 10.0. The number of hydrogen-bond acceptors (Lipinski definition) is 4. The SMILES string of the molecule is CCC=CCCCOc1cccc(NC(=O)c2nc3cccnc3cc2C)c1F. The maximum Gasteiger partial charge on any atom is 0.274 e. The molecule has 0 radical (unpaired) electrons. The van der Waals surface area contributed by atoms with Crippen molar-refractivity contribution in [2.75, 3.05) is 11.9 Å². The lowest BCUT2D eigenvalue weighted by Gasteiger charge is -2.12. The summed E-state index contributed by atoms with van der Waals surface area (Å²) < 4.78 is 20.3. The first-order valence-corrected chi connectivity index (χ1v) is 9.70. The minimum absolute atomic E-state index is 0.0610. The van der Waals surface area contributed by atoms with E-state index in [-0.39, 0.29) is 17.1 Å². The molecule has 0 unspecified atom stereocenters. The maximum absolute atomic E-state index is 14.7. The predicted molar refractivity (Wildman–Crippen MR) is 113 cm³/mol. The van der Waals surface area contributed by atoms with Crippen LogP contribution in [0.1, 0.15) is 42.2 Å². The van der Waals surface area contributed by atoms with Gasteiger partial charge in [-0.25, -0.2) is 9.37 Å². The molecular formula is C23H24FN3O2. The van der Waals surface area contributed by atoms with E-state index in [1.54, 1.807) is 43.5 Å². The van der Waals surface area contributed by atoms with Crippen molar-refractivity contribution in [3.8, 4) is 5.75 Å². The van der Waals surface area contributed by atoms with Crippen molar-refractivity contribution in [2.45, 2.75) is 33.1 Å². The van der Waals surface area contributed by atoms with Gasteiger partial charge in [0.2, 0.25) is 0 Å². The molecule has 0 aliphatic carbocycles. The third kappa shape index (κ3) is 5.16. The number of fused-ring (bicyclic) bond motifs is 1. The number of ether oxygens (including phenoxy) is 1. The van der Waals surface area contributed by atoms with Gasteiger partial charge in [0.15, 0.2) is 11.6 Å². The highest BCUT2D eigenvalue weighted by Crippen LogP contribution is 2.25. The van der Waals surface area contributed by atoms with Crippen molar-refractivity contribution in [3.63, 3.8) is 0 Å². The summed E-state index contributed by atoms with van der Waals surface area (Å²) in [6.45, 7) is 4.26. The summed E-state index contributed by atoms with van der Waals surface area (Å²) in [5, 5.41) is 2.60. The highest BCUT2D eigenvalue weighted by Gasteiger charge is 2.16. The van der Waals surface area contributed by atoms with E-state index in [4.69, 9.17) is 4.74 Å². The number of hydrogen-bond donors (Lipinski definition) is 1. The molecular weight excluding hydrogens is 369 g/mol. The van der Waals surface area contributed by atoms with E-state index in [0.29, 0.717) is 23.2 Å². The van der Waals surface area contributed by atoms with Crippen LogP contribution in [0.5, 0.6) is 5.75 Å². The fourth-order valence-electron chi connectivity index (χ4n) is 2.89. The Labute approximate surface area is 169 Å². The van der Waals surface area contributed by atoms with Gasteiger partial charge in [-0.05, 0) is 62.1 Å². The molecule has 3 aromatic rings. The molecule has 3 rings (SSSR count). The second kappa shape index (κ2) is 9.78. The Morgan fingerprint density at radius 1 is 1.21 bits per heavy atom. The van der Waals surface area contributed by atoms with Crippen LogP contribution in [0.25, 0.3) is 11.0 Å². The van der Waals surface area contributed by atoms with E-state index in [2.05, 4.69) is 34.4 Å². The Balaban J connectivity index is 1.71. The second-order valence-corrected chi connectivity index (χ2v) is 6.64. The second-order valence-electron chi connectivity index (χ2n) is 6.64. The third-order valence-electron chi connectivity index (χ3n) is 4.38. The zero-order valence-corrected chi connectivity index (χ0v) is 16.6. The van der Waals surface area contributed by atoms with Gasteiger partial charge in [0, 0.05) is 6.20 Å². The van der Waals surface area contributed by atoms with Gasteiger partial charge in [0.25, 0.3) is 5.91 Å². The molecule has 1 N–H and O–H groups in total. The largest absolute Gasteiger partial charge is 0.490 e. The van der Waals surface area contributed by atoms with Crippen molar-refractivity contribution in [2.24, 2.45) is 0 Å². The van der Waals surface area contributed by atoms with Gasteiger partial charge in [-0.3, -0.25) is 9.78 Å². The van der Waals surface area contributed by atoms with Crippen LogP contribution in [-0.4, -0.2) is 22.5 Å². The normalized spacial score (nSPS) is 11.1.